The van der Waals surface area contributed by atoms with Crippen LogP contribution in [0, 0.1) is 55.4 Å². The lowest BCUT2D eigenvalue weighted by Gasteiger charge is -2.15. The van der Waals surface area contributed by atoms with E-state index in [0.29, 0.717) is 11.1 Å². The summed E-state index contributed by atoms with van der Waals surface area (Å²) in [4.78, 5) is 25.1. The fraction of sp³-hybridized carbons (Fsp3) is 0.364. The first-order valence-electron chi connectivity index (χ1n) is 8.47. The lowest BCUT2D eigenvalue weighted by molar-refractivity contribution is 0.0396. The van der Waals surface area contributed by atoms with Crippen LogP contribution in [-0.4, -0.2) is 11.9 Å². The molecular formula is C22H26O3. The van der Waals surface area contributed by atoms with E-state index in [2.05, 4.69) is 0 Å². The van der Waals surface area contributed by atoms with E-state index in [1.807, 2.05) is 55.4 Å². The summed E-state index contributed by atoms with van der Waals surface area (Å²) in [6, 6.07) is 3.59. The predicted molar refractivity (Wildman–Crippen MR) is 101 cm³/mol. The van der Waals surface area contributed by atoms with Crippen molar-refractivity contribution in [2.24, 2.45) is 0 Å². The molecule has 25 heavy (non-hydrogen) atoms. The molecule has 0 aliphatic rings. The molecule has 0 amide bonds. The first-order valence-corrected chi connectivity index (χ1v) is 8.47. The standard InChI is InChI=1S/C22H26O3/c1-11-9-19(17(7)15(5)13(11)3)21(23)25-22(24)20-10-12(2)14(4)16(6)18(20)8/h9-10H,1-8H3. The van der Waals surface area contributed by atoms with E-state index >= 15 is 0 Å². The summed E-state index contributed by atoms with van der Waals surface area (Å²) >= 11 is 0. The second-order valence-corrected chi connectivity index (χ2v) is 6.91. The summed E-state index contributed by atoms with van der Waals surface area (Å²) in [6.45, 7) is 15.7. The highest BCUT2D eigenvalue weighted by Crippen LogP contribution is 2.24. The quantitative estimate of drug-likeness (QED) is 0.562. The summed E-state index contributed by atoms with van der Waals surface area (Å²) in [5.74, 6) is -1.19. The number of rotatable bonds is 2. The van der Waals surface area contributed by atoms with Crippen LogP contribution in [0.5, 0.6) is 0 Å². The summed E-state index contributed by atoms with van der Waals surface area (Å²) in [7, 11) is 0. The van der Waals surface area contributed by atoms with Gasteiger partial charge in [0.15, 0.2) is 0 Å². The topological polar surface area (TPSA) is 43.4 Å². The predicted octanol–water partition coefficient (Wildman–Crippen LogP) is 5.15. The SMILES string of the molecule is Cc1cc(C(=O)OC(=O)c2cc(C)c(C)c(C)c2C)c(C)c(C)c1C. The Morgan fingerprint density at radius 3 is 1.20 bits per heavy atom. The minimum absolute atomic E-state index is 0.451. The smallest absolute Gasteiger partial charge is 0.346 e. The van der Waals surface area contributed by atoms with Crippen LogP contribution in [0.1, 0.15) is 65.2 Å². The van der Waals surface area contributed by atoms with Crippen LogP contribution in [0.25, 0.3) is 0 Å². The van der Waals surface area contributed by atoms with Gasteiger partial charge in [0, 0.05) is 0 Å². The molecule has 0 heterocycles. The molecule has 0 fully saturated rings. The van der Waals surface area contributed by atoms with Gasteiger partial charge in [-0.15, -0.1) is 0 Å². The lowest BCUT2D eigenvalue weighted by Crippen LogP contribution is -2.16. The maximum absolute atomic E-state index is 12.6. The van der Waals surface area contributed by atoms with Crippen molar-refractivity contribution in [3.8, 4) is 0 Å². The van der Waals surface area contributed by atoms with Crippen LogP contribution in [-0.2, 0) is 4.74 Å². The Balaban J connectivity index is 2.39. The van der Waals surface area contributed by atoms with Gasteiger partial charge in [0.05, 0.1) is 11.1 Å². The maximum Gasteiger partial charge on any atom is 0.346 e. The number of hydrogen-bond acceptors (Lipinski definition) is 3. The van der Waals surface area contributed by atoms with Crippen LogP contribution in [0.2, 0.25) is 0 Å². The van der Waals surface area contributed by atoms with Crippen LogP contribution in [0.15, 0.2) is 12.1 Å². The minimum Gasteiger partial charge on any atom is -0.386 e. The van der Waals surface area contributed by atoms with Gasteiger partial charge in [-0.25, -0.2) is 9.59 Å². The van der Waals surface area contributed by atoms with Gasteiger partial charge in [0.2, 0.25) is 0 Å². The molecule has 2 rings (SSSR count). The zero-order valence-corrected chi connectivity index (χ0v) is 16.4. The highest BCUT2D eigenvalue weighted by Gasteiger charge is 2.21. The van der Waals surface area contributed by atoms with Crippen LogP contribution >= 0.6 is 0 Å². The van der Waals surface area contributed by atoms with Crippen LogP contribution < -0.4 is 0 Å². The number of aryl methyl sites for hydroxylation is 2. The van der Waals surface area contributed by atoms with Crippen molar-refractivity contribution in [2.75, 3.05) is 0 Å². The molecule has 0 aliphatic carbocycles. The third-order valence-electron chi connectivity index (χ3n) is 5.59. The largest absolute Gasteiger partial charge is 0.386 e. The number of carbonyl (C=O) groups excluding carboxylic acids is 2. The number of ether oxygens (including phenoxy) is 1. The Hall–Kier alpha value is -2.42. The monoisotopic (exact) mass is 338 g/mol. The van der Waals surface area contributed by atoms with Crippen molar-refractivity contribution >= 4 is 11.9 Å². The zero-order chi connectivity index (χ0) is 19.0. The van der Waals surface area contributed by atoms with Crippen molar-refractivity contribution in [3.05, 3.63) is 67.8 Å². The second-order valence-electron chi connectivity index (χ2n) is 6.91. The summed E-state index contributed by atoms with van der Waals surface area (Å²) in [5, 5.41) is 0. The molecule has 0 radical (unpaired) electrons. The summed E-state index contributed by atoms with van der Waals surface area (Å²) in [6.07, 6.45) is 0. The van der Waals surface area contributed by atoms with E-state index < -0.39 is 11.9 Å². The van der Waals surface area contributed by atoms with Gasteiger partial charge in [-0.3, -0.25) is 0 Å². The Morgan fingerprint density at radius 1 is 0.560 bits per heavy atom. The number of benzene rings is 2. The molecule has 3 heteroatoms. The van der Waals surface area contributed by atoms with E-state index in [0.717, 1.165) is 44.5 Å². The van der Waals surface area contributed by atoms with E-state index in [9.17, 15) is 9.59 Å². The minimum atomic E-state index is -0.594. The van der Waals surface area contributed by atoms with Gasteiger partial charge >= 0.3 is 11.9 Å². The normalized spacial score (nSPS) is 10.7. The maximum atomic E-state index is 12.6. The molecule has 0 N–H and O–H groups in total. The summed E-state index contributed by atoms with van der Waals surface area (Å²) in [5.41, 5.74) is 9.06. The van der Waals surface area contributed by atoms with Gasteiger partial charge in [-0.2, -0.15) is 0 Å². The molecule has 0 bridgehead atoms. The van der Waals surface area contributed by atoms with Crippen molar-refractivity contribution < 1.29 is 14.3 Å². The van der Waals surface area contributed by atoms with E-state index in [-0.39, 0.29) is 0 Å². The van der Waals surface area contributed by atoms with Crippen molar-refractivity contribution in [1.29, 1.82) is 0 Å². The Kier molecular flexibility index (Phi) is 5.17. The molecule has 0 unspecified atom stereocenters. The Labute approximate surface area is 150 Å². The Morgan fingerprint density at radius 2 is 0.880 bits per heavy atom. The molecule has 0 saturated carbocycles. The molecule has 2 aromatic rings. The van der Waals surface area contributed by atoms with Gasteiger partial charge in [-0.1, -0.05) is 0 Å². The van der Waals surface area contributed by atoms with Crippen LogP contribution in [0.3, 0.4) is 0 Å². The first kappa shape index (κ1) is 18.9. The van der Waals surface area contributed by atoms with Gasteiger partial charge in [-0.05, 0) is 112 Å². The van der Waals surface area contributed by atoms with E-state index in [1.54, 1.807) is 12.1 Å². The molecular weight excluding hydrogens is 312 g/mol. The van der Waals surface area contributed by atoms with E-state index in [1.165, 1.54) is 0 Å². The molecule has 0 aromatic heterocycles. The fourth-order valence-corrected chi connectivity index (χ4v) is 3.04. The lowest BCUT2D eigenvalue weighted by atomic mass is 9.94. The van der Waals surface area contributed by atoms with Crippen LogP contribution in [0.4, 0.5) is 0 Å². The van der Waals surface area contributed by atoms with Gasteiger partial charge < -0.3 is 4.74 Å². The zero-order valence-electron chi connectivity index (χ0n) is 16.4. The number of esters is 2. The average Bonchev–Trinajstić information content (AvgIpc) is 2.57. The number of carbonyl (C=O) groups is 2. The molecule has 0 aliphatic heterocycles. The third-order valence-corrected chi connectivity index (χ3v) is 5.59. The average molecular weight is 338 g/mol. The molecule has 0 saturated heterocycles. The van der Waals surface area contributed by atoms with Crippen molar-refractivity contribution in [2.45, 2.75) is 55.4 Å². The third kappa shape index (κ3) is 3.37. The molecule has 3 nitrogen and oxygen atoms in total. The first-order chi connectivity index (χ1) is 11.6. The molecule has 0 atom stereocenters. The summed E-state index contributed by atoms with van der Waals surface area (Å²) < 4.78 is 5.21. The van der Waals surface area contributed by atoms with Crippen molar-refractivity contribution in [1.82, 2.24) is 0 Å². The number of hydrogen-bond donors (Lipinski definition) is 0. The Bertz CT molecular complexity index is 816. The highest BCUT2D eigenvalue weighted by atomic mass is 16.6. The highest BCUT2D eigenvalue weighted by molar-refractivity contribution is 6.04. The fourth-order valence-electron chi connectivity index (χ4n) is 3.04. The van der Waals surface area contributed by atoms with Gasteiger partial charge in [0.25, 0.3) is 0 Å². The molecule has 0 spiro atoms. The van der Waals surface area contributed by atoms with E-state index in [4.69, 9.17) is 4.74 Å². The second kappa shape index (κ2) is 6.83. The van der Waals surface area contributed by atoms with Gasteiger partial charge in [0.1, 0.15) is 0 Å². The molecule has 132 valence electrons. The van der Waals surface area contributed by atoms with Crippen molar-refractivity contribution in [3.63, 3.8) is 0 Å². The molecule has 2 aromatic carbocycles.